The second-order valence-electron chi connectivity index (χ2n) is 2.66. The fourth-order valence-corrected chi connectivity index (χ4v) is 1.09. The van der Waals surface area contributed by atoms with Crippen molar-refractivity contribution in [1.29, 1.82) is 0 Å². The van der Waals surface area contributed by atoms with Gasteiger partial charge in [-0.1, -0.05) is 5.16 Å². The van der Waals surface area contributed by atoms with Crippen molar-refractivity contribution in [2.24, 2.45) is 5.16 Å². The Kier molecular flexibility index (Phi) is 1.96. The molecule has 1 aliphatic rings. The van der Waals surface area contributed by atoms with Crippen molar-refractivity contribution < 1.29 is 4.84 Å². The fourth-order valence-electron chi connectivity index (χ4n) is 1.09. The van der Waals surface area contributed by atoms with E-state index in [0.717, 1.165) is 11.4 Å². The topological polar surface area (TPSA) is 37.7 Å². The fraction of sp³-hybridized carbons (Fsp3) is 0.111. The lowest BCUT2D eigenvalue weighted by Gasteiger charge is -2.18. The van der Waals surface area contributed by atoms with Crippen molar-refractivity contribution in [3.8, 4) is 0 Å². The van der Waals surface area contributed by atoms with E-state index in [4.69, 9.17) is 4.84 Å². The van der Waals surface area contributed by atoms with Crippen molar-refractivity contribution in [1.82, 2.24) is 9.88 Å². The maximum Gasteiger partial charge on any atom is 0.181 e. The molecule has 4 heteroatoms. The summed E-state index contributed by atoms with van der Waals surface area (Å²) in [4.78, 5) is 10.7. The Balaban J connectivity index is 2.32. The first-order chi connectivity index (χ1) is 6.38. The smallest absolute Gasteiger partial charge is 0.181 e. The highest BCUT2D eigenvalue weighted by molar-refractivity contribution is 5.98. The predicted molar refractivity (Wildman–Crippen MR) is 48.8 cm³/mol. The second-order valence-corrected chi connectivity index (χ2v) is 2.66. The summed E-state index contributed by atoms with van der Waals surface area (Å²) in [5, 5.41) is 3.90. The Labute approximate surface area is 76.1 Å². The Morgan fingerprint density at radius 2 is 2.38 bits per heavy atom. The monoisotopic (exact) mass is 175 g/mol. The number of amidine groups is 1. The number of pyridine rings is 1. The second kappa shape index (κ2) is 3.26. The molecule has 0 saturated heterocycles. The van der Waals surface area contributed by atoms with Gasteiger partial charge in [0.2, 0.25) is 0 Å². The molecule has 2 heterocycles. The van der Waals surface area contributed by atoms with E-state index in [1.54, 1.807) is 18.6 Å². The largest absolute Gasteiger partial charge is 0.361 e. The zero-order valence-corrected chi connectivity index (χ0v) is 7.21. The van der Waals surface area contributed by atoms with Crippen LogP contribution in [0, 0.1) is 0 Å². The summed E-state index contributed by atoms with van der Waals surface area (Å²) in [7, 11) is 1.91. The quantitative estimate of drug-likeness (QED) is 0.643. The standard InChI is InChI=1S/C9H9N3O/c1-12-5-6-13-11-9(12)8-3-2-4-10-7-8/h2-7H,1H3. The molecule has 66 valence electrons. The maximum absolute atomic E-state index is 4.84. The van der Waals surface area contributed by atoms with Crippen molar-refractivity contribution in [2.45, 2.75) is 0 Å². The van der Waals surface area contributed by atoms with Crippen molar-refractivity contribution in [3.63, 3.8) is 0 Å². The molecule has 0 unspecified atom stereocenters. The molecule has 0 aliphatic carbocycles. The van der Waals surface area contributed by atoms with Crippen LogP contribution in [0.1, 0.15) is 5.56 Å². The number of hydrogen-bond acceptors (Lipinski definition) is 4. The summed E-state index contributed by atoms with van der Waals surface area (Å²) >= 11 is 0. The predicted octanol–water partition coefficient (Wildman–Crippen LogP) is 1.18. The van der Waals surface area contributed by atoms with E-state index in [2.05, 4.69) is 10.1 Å². The van der Waals surface area contributed by atoms with Gasteiger partial charge in [0.15, 0.2) is 5.84 Å². The van der Waals surface area contributed by atoms with Crippen LogP contribution in [0.5, 0.6) is 0 Å². The van der Waals surface area contributed by atoms with E-state index in [-0.39, 0.29) is 0 Å². The van der Waals surface area contributed by atoms with Crippen molar-refractivity contribution in [2.75, 3.05) is 7.05 Å². The van der Waals surface area contributed by atoms with Gasteiger partial charge in [0.1, 0.15) is 6.26 Å². The van der Waals surface area contributed by atoms with Gasteiger partial charge < -0.3 is 9.74 Å². The molecule has 0 spiro atoms. The van der Waals surface area contributed by atoms with Crippen LogP contribution in [-0.2, 0) is 4.84 Å². The molecule has 0 saturated carbocycles. The first-order valence-corrected chi connectivity index (χ1v) is 3.91. The van der Waals surface area contributed by atoms with E-state index < -0.39 is 0 Å². The third-order valence-corrected chi connectivity index (χ3v) is 1.74. The van der Waals surface area contributed by atoms with E-state index in [9.17, 15) is 0 Å². The minimum absolute atomic E-state index is 0.760. The molecule has 2 rings (SSSR count). The van der Waals surface area contributed by atoms with Crippen LogP contribution in [0.25, 0.3) is 0 Å². The van der Waals surface area contributed by atoms with Crippen LogP contribution in [-0.4, -0.2) is 22.8 Å². The van der Waals surface area contributed by atoms with E-state index in [0.29, 0.717) is 0 Å². The molecule has 0 atom stereocenters. The van der Waals surface area contributed by atoms with Crippen LogP contribution in [0.4, 0.5) is 0 Å². The zero-order valence-electron chi connectivity index (χ0n) is 7.21. The lowest BCUT2D eigenvalue weighted by Crippen LogP contribution is -2.24. The van der Waals surface area contributed by atoms with Gasteiger partial charge in [-0.3, -0.25) is 4.98 Å². The number of rotatable bonds is 1. The lowest BCUT2D eigenvalue weighted by molar-refractivity contribution is 0.247. The van der Waals surface area contributed by atoms with Crippen molar-refractivity contribution in [3.05, 3.63) is 42.6 Å². The molecule has 1 aromatic rings. The zero-order chi connectivity index (χ0) is 9.10. The average molecular weight is 175 g/mol. The summed E-state index contributed by atoms with van der Waals surface area (Å²) in [6, 6.07) is 3.80. The van der Waals surface area contributed by atoms with Gasteiger partial charge in [0.05, 0.1) is 0 Å². The van der Waals surface area contributed by atoms with Crippen LogP contribution < -0.4 is 0 Å². The number of aromatic nitrogens is 1. The summed E-state index contributed by atoms with van der Waals surface area (Å²) in [5.41, 5.74) is 0.939. The molecule has 0 radical (unpaired) electrons. The molecule has 0 N–H and O–H groups in total. The molecule has 1 aromatic heterocycles. The Morgan fingerprint density at radius 1 is 1.46 bits per heavy atom. The van der Waals surface area contributed by atoms with Crippen LogP contribution in [0.2, 0.25) is 0 Å². The van der Waals surface area contributed by atoms with Crippen molar-refractivity contribution >= 4 is 5.84 Å². The molecular formula is C9H9N3O. The summed E-state index contributed by atoms with van der Waals surface area (Å²) < 4.78 is 0. The summed E-state index contributed by atoms with van der Waals surface area (Å²) in [5.74, 6) is 0.760. The molecule has 1 aliphatic heterocycles. The number of hydrogen-bond donors (Lipinski definition) is 0. The summed E-state index contributed by atoms with van der Waals surface area (Å²) in [6.45, 7) is 0. The van der Waals surface area contributed by atoms with Gasteiger partial charge in [-0.25, -0.2) is 0 Å². The molecular weight excluding hydrogens is 166 g/mol. The van der Waals surface area contributed by atoms with Gasteiger partial charge in [0.25, 0.3) is 0 Å². The summed E-state index contributed by atoms with van der Waals surface area (Å²) in [6.07, 6.45) is 6.80. The van der Waals surface area contributed by atoms with Gasteiger partial charge in [0, 0.05) is 31.2 Å². The van der Waals surface area contributed by atoms with Crippen LogP contribution in [0.3, 0.4) is 0 Å². The average Bonchev–Trinajstić information content (AvgIpc) is 2.20. The number of nitrogens with zero attached hydrogens (tertiary/aromatic N) is 3. The maximum atomic E-state index is 4.84. The first-order valence-electron chi connectivity index (χ1n) is 3.91. The molecule has 4 nitrogen and oxygen atoms in total. The molecule has 13 heavy (non-hydrogen) atoms. The van der Waals surface area contributed by atoms with Gasteiger partial charge in [-0.15, -0.1) is 0 Å². The normalized spacial score (nSPS) is 15.2. The highest BCUT2D eigenvalue weighted by Crippen LogP contribution is 2.07. The van der Waals surface area contributed by atoms with Crippen LogP contribution in [0.15, 0.2) is 42.1 Å². The Hall–Kier alpha value is -1.84. The third kappa shape index (κ3) is 1.51. The first kappa shape index (κ1) is 7.79. The lowest BCUT2D eigenvalue weighted by atomic mass is 10.2. The Bertz CT molecular complexity index is 345. The van der Waals surface area contributed by atoms with Gasteiger partial charge >= 0.3 is 0 Å². The highest BCUT2D eigenvalue weighted by atomic mass is 16.6. The minimum Gasteiger partial charge on any atom is -0.361 e. The Morgan fingerprint density at radius 3 is 3.08 bits per heavy atom. The molecule has 0 fully saturated rings. The minimum atomic E-state index is 0.760. The van der Waals surface area contributed by atoms with E-state index >= 15 is 0 Å². The van der Waals surface area contributed by atoms with Crippen LogP contribution >= 0.6 is 0 Å². The highest BCUT2D eigenvalue weighted by Gasteiger charge is 2.10. The SMILES string of the molecule is CN1C=CON=C1c1cccnc1. The number of oxime groups is 1. The van der Waals surface area contributed by atoms with E-state index in [1.807, 2.05) is 24.1 Å². The third-order valence-electron chi connectivity index (χ3n) is 1.74. The molecule has 0 bridgehead atoms. The van der Waals surface area contributed by atoms with Gasteiger partial charge in [-0.05, 0) is 12.1 Å². The molecule has 0 amide bonds. The van der Waals surface area contributed by atoms with E-state index in [1.165, 1.54) is 6.26 Å². The van der Waals surface area contributed by atoms with Gasteiger partial charge in [-0.2, -0.15) is 0 Å². The molecule has 0 aromatic carbocycles.